The zero-order valence-electron chi connectivity index (χ0n) is 12.4. The van der Waals surface area contributed by atoms with Crippen LogP contribution in [0.1, 0.15) is 40.9 Å². The lowest BCUT2D eigenvalue weighted by molar-refractivity contribution is 0.112. The highest BCUT2D eigenvalue weighted by Crippen LogP contribution is 2.24. The molecule has 0 heterocycles. The zero-order valence-corrected chi connectivity index (χ0v) is 13.1. The van der Waals surface area contributed by atoms with Crippen molar-refractivity contribution in [2.24, 2.45) is 0 Å². The van der Waals surface area contributed by atoms with E-state index < -0.39 is 0 Å². The molecule has 0 radical (unpaired) electrons. The molecule has 2 nitrogen and oxygen atoms in total. The number of hydrogen-bond donors (Lipinski definition) is 0. The van der Waals surface area contributed by atoms with Gasteiger partial charge in [-0.3, -0.25) is 4.79 Å². The number of rotatable bonds is 6. The number of aldehydes is 1. The van der Waals surface area contributed by atoms with E-state index in [0.29, 0.717) is 17.2 Å². The van der Waals surface area contributed by atoms with Gasteiger partial charge in [-0.05, 0) is 48.2 Å². The van der Waals surface area contributed by atoms with Crippen molar-refractivity contribution >= 4 is 17.9 Å². The van der Waals surface area contributed by atoms with Gasteiger partial charge in [0.2, 0.25) is 0 Å². The fourth-order valence-electron chi connectivity index (χ4n) is 2.22. The second kappa shape index (κ2) is 7.28. The van der Waals surface area contributed by atoms with E-state index in [9.17, 15) is 4.79 Å². The molecular formula is C18H19ClO2. The van der Waals surface area contributed by atoms with Gasteiger partial charge in [0.25, 0.3) is 0 Å². The quantitative estimate of drug-likeness (QED) is 0.713. The SMILES string of the molecule is CCc1ccc(CC)c(OCc2cc(Cl)ccc2C=O)c1. The van der Waals surface area contributed by atoms with E-state index in [4.69, 9.17) is 16.3 Å². The lowest BCUT2D eigenvalue weighted by Gasteiger charge is -2.13. The highest BCUT2D eigenvalue weighted by atomic mass is 35.5. The molecule has 2 aromatic carbocycles. The summed E-state index contributed by atoms with van der Waals surface area (Å²) >= 11 is 5.99. The molecule has 0 aliphatic heterocycles. The maximum absolute atomic E-state index is 11.1. The normalized spacial score (nSPS) is 10.4. The Balaban J connectivity index is 2.23. The van der Waals surface area contributed by atoms with Gasteiger partial charge in [0.1, 0.15) is 18.6 Å². The summed E-state index contributed by atoms with van der Waals surface area (Å²) < 4.78 is 5.94. The van der Waals surface area contributed by atoms with E-state index in [0.717, 1.165) is 30.4 Å². The summed E-state index contributed by atoms with van der Waals surface area (Å²) in [5.41, 5.74) is 3.83. The van der Waals surface area contributed by atoms with Crippen molar-refractivity contribution in [1.29, 1.82) is 0 Å². The van der Waals surface area contributed by atoms with E-state index in [1.165, 1.54) is 11.1 Å². The van der Waals surface area contributed by atoms with Crippen LogP contribution in [0.3, 0.4) is 0 Å². The van der Waals surface area contributed by atoms with Gasteiger partial charge in [-0.2, -0.15) is 0 Å². The maximum atomic E-state index is 11.1. The average Bonchev–Trinajstić information content (AvgIpc) is 2.52. The Morgan fingerprint density at radius 2 is 1.86 bits per heavy atom. The number of carbonyl (C=O) groups is 1. The Morgan fingerprint density at radius 1 is 1.05 bits per heavy atom. The third kappa shape index (κ3) is 3.85. The monoisotopic (exact) mass is 302 g/mol. The Morgan fingerprint density at radius 3 is 2.52 bits per heavy atom. The summed E-state index contributed by atoms with van der Waals surface area (Å²) in [6.45, 7) is 4.56. The van der Waals surface area contributed by atoms with Gasteiger partial charge in [-0.1, -0.05) is 37.6 Å². The van der Waals surface area contributed by atoms with Gasteiger partial charge in [0.05, 0.1) is 0 Å². The van der Waals surface area contributed by atoms with Crippen LogP contribution in [0.4, 0.5) is 0 Å². The second-order valence-electron chi connectivity index (χ2n) is 4.90. The smallest absolute Gasteiger partial charge is 0.150 e. The van der Waals surface area contributed by atoms with Gasteiger partial charge in [-0.25, -0.2) is 0 Å². The minimum absolute atomic E-state index is 0.342. The molecule has 2 rings (SSSR count). The summed E-state index contributed by atoms with van der Waals surface area (Å²) in [5.74, 6) is 0.883. The summed E-state index contributed by atoms with van der Waals surface area (Å²) in [6.07, 6.45) is 2.71. The highest BCUT2D eigenvalue weighted by Gasteiger charge is 2.07. The molecule has 0 saturated carbocycles. The predicted molar refractivity (Wildman–Crippen MR) is 86.4 cm³/mol. The molecule has 0 aliphatic carbocycles. The second-order valence-corrected chi connectivity index (χ2v) is 5.34. The van der Waals surface area contributed by atoms with Crippen molar-refractivity contribution in [3.8, 4) is 5.75 Å². The summed E-state index contributed by atoms with van der Waals surface area (Å²) in [6, 6.07) is 11.5. The standard InChI is InChI=1S/C18H19ClO2/c1-3-13-5-6-14(4-2)18(9-13)21-12-16-10-17(19)8-7-15(16)11-20/h5-11H,3-4,12H2,1-2H3. The van der Waals surface area contributed by atoms with Crippen LogP contribution in [0.25, 0.3) is 0 Å². The first-order chi connectivity index (χ1) is 10.2. The Hall–Kier alpha value is -1.80. The predicted octanol–water partition coefficient (Wildman–Crippen LogP) is 4.86. The van der Waals surface area contributed by atoms with Crippen molar-refractivity contribution in [3.63, 3.8) is 0 Å². The van der Waals surface area contributed by atoms with Crippen molar-refractivity contribution in [3.05, 3.63) is 63.7 Å². The molecule has 0 saturated heterocycles. The Bertz CT molecular complexity index is 635. The largest absolute Gasteiger partial charge is 0.489 e. The fraction of sp³-hybridized carbons (Fsp3) is 0.278. The number of halogens is 1. The van der Waals surface area contributed by atoms with Crippen molar-refractivity contribution in [2.75, 3.05) is 0 Å². The van der Waals surface area contributed by atoms with Crippen LogP contribution in [0.15, 0.2) is 36.4 Å². The van der Waals surface area contributed by atoms with Crippen LogP contribution < -0.4 is 4.74 Å². The lowest BCUT2D eigenvalue weighted by atomic mass is 10.1. The molecule has 0 N–H and O–H groups in total. The first-order valence-electron chi connectivity index (χ1n) is 7.16. The fourth-order valence-corrected chi connectivity index (χ4v) is 2.41. The van der Waals surface area contributed by atoms with Crippen LogP contribution in [0.5, 0.6) is 5.75 Å². The maximum Gasteiger partial charge on any atom is 0.150 e. The first kappa shape index (κ1) is 15.6. The topological polar surface area (TPSA) is 26.3 Å². The molecule has 0 unspecified atom stereocenters. The molecule has 0 aromatic heterocycles. The average molecular weight is 303 g/mol. The molecule has 2 aromatic rings. The van der Waals surface area contributed by atoms with Gasteiger partial charge in [0.15, 0.2) is 0 Å². The molecule has 0 amide bonds. The summed E-state index contributed by atoms with van der Waals surface area (Å²) in [5, 5.41) is 0.609. The van der Waals surface area contributed by atoms with Gasteiger partial charge >= 0.3 is 0 Å². The third-order valence-electron chi connectivity index (χ3n) is 3.54. The minimum atomic E-state index is 0.342. The van der Waals surface area contributed by atoms with Gasteiger partial charge in [-0.15, -0.1) is 0 Å². The summed E-state index contributed by atoms with van der Waals surface area (Å²) in [7, 11) is 0. The number of hydrogen-bond acceptors (Lipinski definition) is 2. The first-order valence-corrected chi connectivity index (χ1v) is 7.54. The van der Waals surface area contributed by atoms with E-state index in [1.807, 2.05) is 0 Å². The Kier molecular flexibility index (Phi) is 5.40. The molecule has 3 heteroatoms. The third-order valence-corrected chi connectivity index (χ3v) is 3.77. The number of aryl methyl sites for hydroxylation is 2. The van der Waals surface area contributed by atoms with Crippen LogP contribution in [0.2, 0.25) is 5.02 Å². The molecule has 0 atom stereocenters. The van der Waals surface area contributed by atoms with Crippen molar-refractivity contribution in [1.82, 2.24) is 0 Å². The van der Waals surface area contributed by atoms with Crippen LogP contribution in [-0.4, -0.2) is 6.29 Å². The molecule has 0 fully saturated rings. The van der Waals surface area contributed by atoms with Crippen molar-refractivity contribution < 1.29 is 9.53 Å². The summed E-state index contributed by atoms with van der Waals surface area (Å²) in [4.78, 5) is 11.1. The molecule has 21 heavy (non-hydrogen) atoms. The molecule has 110 valence electrons. The molecule has 0 spiro atoms. The Labute approximate surface area is 130 Å². The molecule has 0 aliphatic rings. The van der Waals surface area contributed by atoms with E-state index >= 15 is 0 Å². The van der Waals surface area contributed by atoms with Crippen LogP contribution in [-0.2, 0) is 19.4 Å². The van der Waals surface area contributed by atoms with E-state index in [1.54, 1.807) is 18.2 Å². The van der Waals surface area contributed by atoms with Crippen LogP contribution >= 0.6 is 11.6 Å². The molecule has 0 bridgehead atoms. The minimum Gasteiger partial charge on any atom is -0.489 e. The van der Waals surface area contributed by atoms with Crippen molar-refractivity contribution in [2.45, 2.75) is 33.3 Å². The van der Waals surface area contributed by atoms with Crippen LogP contribution in [0, 0.1) is 0 Å². The highest BCUT2D eigenvalue weighted by molar-refractivity contribution is 6.30. The van der Waals surface area contributed by atoms with E-state index in [2.05, 4.69) is 32.0 Å². The lowest BCUT2D eigenvalue weighted by Crippen LogP contribution is -2.02. The number of carbonyl (C=O) groups excluding carboxylic acids is 1. The zero-order chi connectivity index (χ0) is 15.2. The van der Waals surface area contributed by atoms with E-state index in [-0.39, 0.29) is 0 Å². The van der Waals surface area contributed by atoms with Gasteiger partial charge < -0.3 is 4.74 Å². The van der Waals surface area contributed by atoms with Gasteiger partial charge in [0, 0.05) is 16.1 Å². The number of ether oxygens (including phenoxy) is 1. The molecular weight excluding hydrogens is 284 g/mol. The number of benzene rings is 2.